The molecule has 1 aromatic carbocycles. The summed E-state index contributed by atoms with van der Waals surface area (Å²) < 4.78 is 16.3. The number of likely N-dealkylation sites (tertiary alicyclic amines) is 1. The molecular formula is C23H31N3O4. The zero-order chi connectivity index (χ0) is 21.5. The molecule has 30 heavy (non-hydrogen) atoms. The van der Waals surface area contributed by atoms with E-state index in [1.807, 2.05) is 43.1 Å². The normalized spacial score (nSPS) is 16.4. The van der Waals surface area contributed by atoms with E-state index in [0.717, 1.165) is 42.0 Å². The van der Waals surface area contributed by atoms with Gasteiger partial charge in [-0.25, -0.2) is 9.97 Å². The van der Waals surface area contributed by atoms with Gasteiger partial charge in [-0.3, -0.25) is 4.79 Å². The van der Waals surface area contributed by atoms with Gasteiger partial charge in [-0.1, -0.05) is 0 Å². The number of amides is 1. The third-order valence-electron chi connectivity index (χ3n) is 5.41. The number of carbonyl (C=O) groups excluding carboxylic acids is 1. The van der Waals surface area contributed by atoms with Gasteiger partial charge in [-0.05, 0) is 44.4 Å². The lowest BCUT2D eigenvalue weighted by Gasteiger charge is -2.33. The molecule has 1 unspecified atom stereocenters. The number of rotatable bonds is 8. The second-order valence-electron chi connectivity index (χ2n) is 7.54. The van der Waals surface area contributed by atoms with Crippen LogP contribution in [0.15, 0.2) is 24.4 Å². The summed E-state index contributed by atoms with van der Waals surface area (Å²) in [6, 6.07) is 5.58. The van der Waals surface area contributed by atoms with Crippen LogP contribution in [-0.2, 0) is 22.6 Å². The highest BCUT2D eigenvalue weighted by atomic mass is 16.5. The van der Waals surface area contributed by atoms with Crippen molar-refractivity contribution >= 4 is 5.91 Å². The van der Waals surface area contributed by atoms with Crippen molar-refractivity contribution in [3.05, 3.63) is 47.0 Å². The Kier molecular flexibility index (Phi) is 7.63. The first-order valence-corrected chi connectivity index (χ1v) is 10.4. The molecule has 0 saturated carbocycles. The van der Waals surface area contributed by atoms with Gasteiger partial charge in [-0.2, -0.15) is 0 Å². The Morgan fingerprint density at radius 3 is 2.60 bits per heavy atom. The zero-order valence-electron chi connectivity index (χ0n) is 18.3. The van der Waals surface area contributed by atoms with Gasteiger partial charge in [0.2, 0.25) is 5.91 Å². The lowest BCUT2D eigenvalue weighted by molar-refractivity contribution is -0.131. The molecule has 1 aliphatic heterocycles. The number of hydrogen-bond donors (Lipinski definition) is 0. The summed E-state index contributed by atoms with van der Waals surface area (Å²) in [6.07, 6.45) is 4.13. The number of aryl methyl sites for hydroxylation is 1. The first-order valence-electron chi connectivity index (χ1n) is 10.4. The van der Waals surface area contributed by atoms with Crippen LogP contribution in [0.4, 0.5) is 0 Å². The molecule has 1 amide bonds. The highest BCUT2D eigenvalue weighted by Crippen LogP contribution is 2.29. The predicted octanol–water partition coefficient (Wildman–Crippen LogP) is 3.29. The largest absolute Gasteiger partial charge is 0.497 e. The first kappa shape index (κ1) is 22.0. The van der Waals surface area contributed by atoms with Crippen molar-refractivity contribution in [3.63, 3.8) is 0 Å². The van der Waals surface area contributed by atoms with E-state index in [2.05, 4.69) is 4.98 Å². The van der Waals surface area contributed by atoms with Crippen molar-refractivity contribution in [2.75, 3.05) is 33.9 Å². The molecule has 1 aromatic heterocycles. The van der Waals surface area contributed by atoms with Crippen LogP contribution < -0.4 is 9.47 Å². The van der Waals surface area contributed by atoms with Gasteiger partial charge in [-0.15, -0.1) is 0 Å². The molecule has 0 spiro atoms. The Balaban J connectivity index is 1.73. The maximum Gasteiger partial charge on any atom is 0.227 e. The molecule has 3 rings (SSSR count). The molecule has 7 heteroatoms. The van der Waals surface area contributed by atoms with E-state index in [9.17, 15) is 4.79 Å². The van der Waals surface area contributed by atoms with E-state index in [0.29, 0.717) is 37.7 Å². The molecule has 2 aromatic rings. The third-order valence-corrected chi connectivity index (χ3v) is 5.41. The van der Waals surface area contributed by atoms with Gasteiger partial charge in [0.15, 0.2) is 0 Å². The van der Waals surface area contributed by atoms with Gasteiger partial charge in [0, 0.05) is 43.4 Å². The fourth-order valence-electron chi connectivity index (χ4n) is 3.87. The molecule has 0 bridgehead atoms. The summed E-state index contributed by atoms with van der Waals surface area (Å²) in [5.41, 5.74) is 2.91. The quantitative estimate of drug-likeness (QED) is 0.661. The molecule has 1 atom stereocenters. The minimum absolute atomic E-state index is 0.104. The topological polar surface area (TPSA) is 73.8 Å². The van der Waals surface area contributed by atoms with Crippen molar-refractivity contribution in [1.29, 1.82) is 0 Å². The van der Waals surface area contributed by atoms with Crippen LogP contribution in [0, 0.1) is 6.92 Å². The molecule has 2 heterocycles. The summed E-state index contributed by atoms with van der Waals surface area (Å²) >= 11 is 0. The lowest BCUT2D eigenvalue weighted by Crippen LogP contribution is -2.40. The maximum absolute atomic E-state index is 13.1. The van der Waals surface area contributed by atoms with Crippen LogP contribution in [0.1, 0.15) is 48.3 Å². The minimum atomic E-state index is 0.104. The average molecular weight is 414 g/mol. The average Bonchev–Trinajstić information content (AvgIpc) is 2.77. The standard InChI is InChI=1S/C23H31N3O4/c1-5-30-15-19-13-24-16(2)25-23(19)18-7-6-8-26(14-18)22(27)11-17-9-20(28-3)12-21(10-17)29-4/h9-10,12-13,18H,5-8,11,14-15H2,1-4H3. The van der Waals surface area contributed by atoms with Gasteiger partial charge in [0.05, 0.1) is 32.9 Å². The van der Waals surface area contributed by atoms with Crippen molar-refractivity contribution in [2.24, 2.45) is 0 Å². The van der Waals surface area contributed by atoms with Crippen molar-refractivity contribution < 1.29 is 19.0 Å². The van der Waals surface area contributed by atoms with Crippen molar-refractivity contribution in [2.45, 2.75) is 45.6 Å². The molecule has 0 radical (unpaired) electrons. The van der Waals surface area contributed by atoms with Crippen LogP contribution in [0.5, 0.6) is 11.5 Å². The van der Waals surface area contributed by atoms with Crippen LogP contribution in [0.3, 0.4) is 0 Å². The van der Waals surface area contributed by atoms with E-state index >= 15 is 0 Å². The summed E-state index contributed by atoms with van der Waals surface area (Å²) in [7, 11) is 3.22. The van der Waals surface area contributed by atoms with E-state index in [1.54, 1.807) is 14.2 Å². The molecule has 1 saturated heterocycles. The van der Waals surface area contributed by atoms with E-state index in [4.69, 9.17) is 19.2 Å². The second kappa shape index (κ2) is 10.4. The molecule has 1 fully saturated rings. The van der Waals surface area contributed by atoms with Gasteiger partial charge in [0.25, 0.3) is 0 Å². The van der Waals surface area contributed by atoms with Gasteiger partial charge in [0.1, 0.15) is 17.3 Å². The highest BCUT2D eigenvalue weighted by molar-refractivity contribution is 5.79. The van der Waals surface area contributed by atoms with Gasteiger partial charge >= 0.3 is 0 Å². The monoisotopic (exact) mass is 413 g/mol. The number of methoxy groups -OCH3 is 2. The lowest BCUT2D eigenvalue weighted by atomic mass is 9.91. The Bertz CT molecular complexity index is 849. The number of benzene rings is 1. The summed E-state index contributed by atoms with van der Waals surface area (Å²) in [6.45, 7) is 6.45. The SMILES string of the molecule is CCOCc1cnc(C)nc1C1CCCN(C(=O)Cc2cc(OC)cc(OC)c2)C1. The number of carbonyl (C=O) groups is 1. The summed E-state index contributed by atoms with van der Waals surface area (Å²) in [5, 5.41) is 0. The Hall–Kier alpha value is -2.67. The zero-order valence-corrected chi connectivity index (χ0v) is 18.3. The number of hydrogen-bond acceptors (Lipinski definition) is 6. The fraction of sp³-hybridized carbons (Fsp3) is 0.522. The number of piperidine rings is 1. The molecule has 1 aliphatic rings. The Morgan fingerprint density at radius 2 is 1.93 bits per heavy atom. The Labute approximate surface area is 178 Å². The number of aromatic nitrogens is 2. The molecule has 7 nitrogen and oxygen atoms in total. The van der Waals surface area contributed by atoms with Crippen LogP contribution in [0.2, 0.25) is 0 Å². The number of ether oxygens (including phenoxy) is 3. The van der Waals surface area contributed by atoms with Crippen LogP contribution >= 0.6 is 0 Å². The highest BCUT2D eigenvalue weighted by Gasteiger charge is 2.27. The van der Waals surface area contributed by atoms with E-state index in [1.165, 1.54) is 0 Å². The molecule has 0 N–H and O–H groups in total. The van der Waals surface area contributed by atoms with E-state index < -0.39 is 0 Å². The van der Waals surface area contributed by atoms with Crippen molar-refractivity contribution in [1.82, 2.24) is 14.9 Å². The molecule has 0 aliphatic carbocycles. The molecular weight excluding hydrogens is 382 g/mol. The first-order chi connectivity index (χ1) is 14.5. The summed E-state index contributed by atoms with van der Waals surface area (Å²) in [4.78, 5) is 24.0. The predicted molar refractivity (Wildman–Crippen MR) is 114 cm³/mol. The van der Waals surface area contributed by atoms with Crippen molar-refractivity contribution in [3.8, 4) is 11.5 Å². The third kappa shape index (κ3) is 5.48. The molecule has 162 valence electrons. The van der Waals surface area contributed by atoms with Crippen LogP contribution in [0.25, 0.3) is 0 Å². The fourth-order valence-corrected chi connectivity index (χ4v) is 3.87. The summed E-state index contributed by atoms with van der Waals surface area (Å²) in [5.74, 6) is 2.42. The van der Waals surface area contributed by atoms with Crippen LogP contribution in [-0.4, -0.2) is 54.7 Å². The minimum Gasteiger partial charge on any atom is -0.497 e. The maximum atomic E-state index is 13.1. The van der Waals surface area contributed by atoms with E-state index in [-0.39, 0.29) is 11.8 Å². The van der Waals surface area contributed by atoms with Gasteiger partial charge < -0.3 is 19.1 Å². The number of nitrogens with zero attached hydrogens (tertiary/aromatic N) is 3. The Morgan fingerprint density at radius 1 is 1.20 bits per heavy atom. The smallest absolute Gasteiger partial charge is 0.227 e. The second-order valence-corrected chi connectivity index (χ2v) is 7.54.